The minimum absolute atomic E-state index is 0.0804. The smallest absolute Gasteiger partial charge is 0.120 e. The third-order valence-corrected chi connectivity index (χ3v) is 3.52. The lowest BCUT2D eigenvalue weighted by Crippen LogP contribution is -2.46. The molecule has 2 unspecified atom stereocenters. The van der Waals surface area contributed by atoms with E-state index in [1.165, 1.54) is 0 Å². The number of nitrogens with one attached hydrogen (secondary N) is 1. The van der Waals surface area contributed by atoms with E-state index < -0.39 is 0 Å². The van der Waals surface area contributed by atoms with Crippen LogP contribution >= 0.6 is 0 Å². The van der Waals surface area contributed by atoms with Crippen molar-refractivity contribution in [3.63, 3.8) is 0 Å². The average molecular weight is 280 g/mol. The van der Waals surface area contributed by atoms with Crippen LogP contribution in [0.15, 0.2) is 24.3 Å². The van der Waals surface area contributed by atoms with Gasteiger partial charge < -0.3 is 9.47 Å². The SMILES string of the molecule is CCOC(C)(CC)C(NN)c1cccc(OC(C)C)c1. The molecule has 114 valence electrons. The van der Waals surface area contributed by atoms with Gasteiger partial charge in [0.15, 0.2) is 0 Å². The highest BCUT2D eigenvalue weighted by Gasteiger charge is 2.34. The Labute approximate surface area is 122 Å². The van der Waals surface area contributed by atoms with Crippen molar-refractivity contribution >= 4 is 0 Å². The molecule has 0 fully saturated rings. The summed E-state index contributed by atoms with van der Waals surface area (Å²) in [5.74, 6) is 6.63. The molecule has 0 saturated carbocycles. The first-order chi connectivity index (χ1) is 9.46. The Balaban J connectivity index is 3.05. The van der Waals surface area contributed by atoms with Crippen molar-refractivity contribution in [3.05, 3.63) is 29.8 Å². The molecule has 4 nitrogen and oxygen atoms in total. The Bertz CT molecular complexity index is 409. The van der Waals surface area contributed by atoms with Crippen LogP contribution in [0.3, 0.4) is 0 Å². The van der Waals surface area contributed by atoms with Crippen molar-refractivity contribution in [2.75, 3.05) is 6.61 Å². The molecule has 1 aromatic rings. The maximum atomic E-state index is 5.92. The van der Waals surface area contributed by atoms with Crippen molar-refractivity contribution < 1.29 is 9.47 Å². The molecule has 1 rings (SSSR count). The van der Waals surface area contributed by atoms with E-state index in [9.17, 15) is 0 Å². The summed E-state index contributed by atoms with van der Waals surface area (Å²) in [6, 6.07) is 7.94. The summed E-state index contributed by atoms with van der Waals surface area (Å²) in [5.41, 5.74) is 3.62. The Morgan fingerprint density at radius 2 is 2.00 bits per heavy atom. The quantitative estimate of drug-likeness (QED) is 0.567. The van der Waals surface area contributed by atoms with Crippen molar-refractivity contribution in [3.8, 4) is 5.75 Å². The van der Waals surface area contributed by atoms with Gasteiger partial charge in [0.25, 0.3) is 0 Å². The first-order valence-corrected chi connectivity index (χ1v) is 7.33. The Morgan fingerprint density at radius 1 is 1.30 bits per heavy atom. The predicted molar refractivity (Wildman–Crippen MR) is 82.6 cm³/mol. The fourth-order valence-corrected chi connectivity index (χ4v) is 2.38. The van der Waals surface area contributed by atoms with Gasteiger partial charge in [0.2, 0.25) is 0 Å². The molecule has 3 N–H and O–H groups in total. The zero-order valence-electron chi connectivity index (χ0n) is 13.3. The standard InChI is InChI=1S/C16H28N2O2/c1-6-16(5,19-7-2)15(18-17)13-9-8-10-14(11-13)20-12(3)4/h8-12,15,18H,6-7,17H2,1-5H3. The molecule has 0 aliphatic heterocycles. The van der Waals surface area contributed by atoms with Crippen LogP contribution < -0.4 is 16.0 Å². The second-order valence-electron chi connectivity index (χ2n) is 5.44. The number of hydrazine groups is 1. The fourth-order valence-electron chi connectivity index (χ4n) is 2.38. The molecule has 0 aliphatic carbocycles. The van der Waals surface area contributed by atoms with Gasteiger partial charge in [0.05, 0.1) is 17.7 Å². The van der Waals surface area contributed by atoms with E-state index >= 15 is 0 Å². The molecule has 0 bridgehead atoms. The van der Waals surface area contributed by atoms with Gasteiger partial charge in [-0.05, 0) is 51.8 Å². The number of nitrogens with two attached hydrogens (primary N) is 1. The Kier molecular flexibility index (Phi) is 6.46. The highest BCUT2D eigenvalue weighted by molar-refractivity contribution is 5.32. The second-order valence-corrected chi connectivity index (χ2v) is 5.44. The van der Waals surface area contributed by atoms with E-state index in [0.717, 1.165) is 17.7 Å². The Morgan fingerprint density at radius 3 is 2.50 bits per heavy atom. The largest absolute Gasteiger partial charge is 0.491 e. The molecule has 4 heteroatoms. The van der Waals surface area contributed by atoms with Crippen molar-refractivity contribution in [2.24, 2.45) is 5.84 Å². The molecule has 1 aromatic carbocycles. The first kappa shape index (κ1) is 17.0. The van der Waals surface area contributed by atoms with Crippen LogP contribution in [0.25, 0.3) is 0 Å². The summed E-state index contributed by atoms with van der Waals surface area (Å²) >= 11 is 0. The number of benzene rings is 1. The maximum Gasteiger partial charge on any atom is 0.120 e. The van der Waals surface area contributed by atoms with Crippen molar-refractivity contribution in [1.29, 1.82) is 0 Å². The van der Waals surface area contributed by atoms with Gasteiger partial charge in [-0.2, -0.15) is 0 Å². The van der Waals surface area contributed by atoms with Gasteiger partial charge in [-0.3, -0.25) is 11.3 Å². The van der Waals surface area contributed by atoms with Crippen LogP contribution in [0.2, 0.25) is 0 Å². The highest BCUT2D eigenvalue weighted by atomic mass is 16.5. The lowest BCUT2D eigenvalue weighted by Gasteiger charge is -2.36. The molecule has 0 amide bonds. The topological polar surface area (TPSA) is 56.5 Å². The molecule has 20 heavy (non-hydrogen) atoms. The summed E-state index contributed by atoms with van der Waals surface area (Å²) in [6.45, 7) is 10.9. The van der Waals surface area contributed by atoms with E-state index in [2.05, 4.69) is 19.3 Å². The molecule has 0 heterocycles. The summed E-state index contributed by atoms with van der Waals surface area (Å²) in [7, 11) is 0. The van der Waals surface area contributed by atoms with Gasteiger partial charge in [-0.25, -0.2) is 0 Å². The molecular formula is C16H28N2O2. The maximum absolute atomic E-state index is 5.92. The summed E-state index contributed by atoms with van der Waals surface area (Å²) < 4.78 is 11.7. The van der Waals surface area contributed by atoms with Crippen molar-refractivity contribution in [2.45, 2.75) is 58.8 Å². The molecular weight excluding hydrogens is 252 g/mol. The van der Waals surface area contributed by atoms with Crippen LogP contribution in [-0.2, 0) is 4.74 Å². The normalized spacial score (nSPS) is 15.9. The predicted octanol–water partition coefficient (Wildman–Crippen LogP) is 3.18. The molecule has 0 aromatic heterocycles. The second kappa shape index (κ2) is 7.62. The van der Waals surface area contributed by atoms with Crippen LogP contribution in [-0.4, -0.2) is 18.3 Å². The molecule has 0 spiro atoms. The number of rotatable bonds is 8. The minimum atomic E-state index is -0.347. The van der Waals surface area contributed by atoms with E-state index in [0.29, 0.717) is 6.61 Å². The summed E-state index contributed by atoms with van der Waals surface area (Å²) in [6.07, 6.45) is 1.02. The van der Waals surface area contributed by atoms with Crippen molar-refractivity contribution in [1.82, 2.24) is 5.43 Å². The van der Waals surface area contributed by atoms with Crippen LogP contribution in [0.4, 0.5) is 0 Å². The monoisotopic (exact) mass is 280 g/mol. The zero-order chi connectivity index (χ0) is 15.2. The van der Waals surface area contributed by atoms with Gasteiger partial charge in [-0.1, -0.05) is 19.1 Å². The van der Waals surface area contributed by atoms with Gasteiger partial charge in [0.1, 0.15) is 5.75 Å². The number of ether oxygens (including phenoxy) is 2. The molecule has 2 atom stereocenters. The number of hydrogen-bond acceptors (Lipinski definition) is 4. The van der Waals surface area contributed by atoms with Gasteiger partial charge in [0, 0.05) is 6.61 Å². The van der Waals surface area contributed by atoms with Crippen LogP contribution in [0, 0.1) is 0 Å². The third kappa shape index (κ3) is 4.20. The average Bonchev–Trinajstić information content (AvgIpc) is 2.39. The molecule has 0 radical (unpaired) electrons. The highest BCUT2D eigenvalue weighted by Crippen LogP contribution is 2.33. The van der Waals surface area contributed by atoms with Gasteiger partial charge in [-0.15, -0.1) is 0 Å². The Hall–Kier alpha value is -1.10. The summed E-state index contributed by atoms with van der Waals surface area (Å²) in [4.78, 5) is 0. The van der Waals surface area contributed by atoms with Crippen LogP contribution in [0.5, 0.6) is 5.75 Å². The van der Waals surface area contributed by atoms with Crippen LogP contribution in [0.1, 0.15) is 52.6 Å². The zero-order valence-corrected chi connectivity index (χ0v) is 13.3. The molecule has 0 aliphatic rings. The minimum Gasteiger partial charge on any atom is -0.491 e. The third-order valence-electron chi connectivity index (χ3n) is 3.52. The van der Waals surface area contributed by atoms with Gasteiger partial charge >= 0.3 is 0 Å². The fraction of sp³-hybridized carbons (Fsp3) is 0.625. The van der Waals surface area contributed by atoms with E-state index in [1.54, 1.807) is 0 Å². The summed E-state index contributed by atoms with van der Waals surface area (Å²) in [5, 5.41) is 0. The van der Waals surface area contributed by atoms with E-state index in [4.69, 9.17) is 15.3 Å². The van der Waals surface area contributed by atoms with E-state index in [1.807, 2.05) is 45.0 Å². The lowest BCUT2D eigenvalue weighted by atomic mass is 9.88. The van der Waals surface area contributed by atoms with E-state index in [-0.39, 0.29) is 17.7 Å². The lowest BCUT2D eigenvalue weighted by molar-refractivity contribution is -0.0564. The first-order valence-electron chi connectivity index (χ1n) is 7.33. The number of hydrogen-bond donors (Lipinski definition) is 2. The molecule has 0 saturated heterocycles.